The van der Waals surface area contributed by atoms with Crippen LogP contribution in [0.25, 0.3) is 0 Å². The zero-order valence-corrected chi connectivity index (χ0v) is 11.4. The summed E-state index contributed by atoms with van der Waals surface area (Å²) in [5.74, 6) is 0.185. The number of hydrogen-bond donors (Lipinski definition) is 2. The molecule has 0 saturated carbocycles. The molecule has 0 bridgehead atoms. The van der Waals surface area contributed by atoms with Crippen LogP contribution in [-0.2, 0) is 9.59 Å². The van der Waals surface area contributed by atoms with Gasteiger partial charge in [-0.15, -0.1) is 0 Å². The Kier molecular flexibility index (Phi) is 6.12. The molecule has 1 fully saturated rings. The lowest BCUT2D eigenvalue weighted by atomic mass is 9.95. The maximum Gasteiger partial charge on any atom is 0.225 e. The van der Waals surface area contributed by atoms with Gasteiger partial charge in [0.15, 0.2) is 0 Å². The average molecular weight is 255 g/mol. The van der Waals surface area contributed by atoms with Gasteiger partial charge in [0.05, 0.1) is 5.92 Å². The van der Waals surface area contributed by atoms with Crippen LogP contribution in [0.3, 0.4) is 0 Å². The summed E-state index contributed by atoms with van der Waals surface area (Å²) in [6, 6.07) is 0. The number of carbonyl (C=O) groups excluding carboxylic acids is 2. The second kappa shape index (κ2) is 7.36. The number of nitrogens with zero attached hydrogens (tertiary/aromatic N) is 1. The Labute approximate surface area is 109 Å². The Balaban J connectivity index is 2.50. The largest absolute Gasteiger partial charge is 0.355 e. The van der Waals surface area contributed by atoms with Gasteiger partial charge < -0.3 is 16.0 Å². The number of nitrogens with one attached hydrogen (secondary N) is 1. The number of nitrogens with two attached hydrogens (primary N) is 1. The molecule has 2 unspecified atom stereocenters. The molecular formula is C13H25N3O2. The number of carbonyl (C=O) groups is 2. The molecule has 0 spiro atoms. The van der Waals surface area contributed by atoms with E-state index in [1.807, 2.05) is 18.7 Å². The lowest BCUT2D eigenvalue weighted by Gasteiger charge is -2.33. The second-order valence-electron chi connectivity index (χ2n) is 5.01. The third kappa shape index (κ3) is 3.98. The molecule has 2 atom stereocenters. The van der Waals surface area contributed by atoms with E-state index >= 15 is 0 Å². The SMILES string of the molecule is CCC(C)C(=O)N1CCCC(C(=O)NCCN)C1. The molecule has 0 aromatic heterocycles. The quantitative estimate of drug-likeness (QED) is 0.744. The summed E-state index contributed by atoms with van der Waals surface area (Å²) in [6.07, 6.45) is 2.61. The van der Waals surface area contributed by atoms with Crippen LogP contribution in [-0.4, -0.2) is 42.9 Å². The van der Waals surface area contributed by atoms with Crippen LogP contribution in [0.15, 0.2) is 0 Å². The summed E-state index contributed by atoms with van der Waals surface area (Å²) in [5, 5.41) is 2.80. The predicted molar refractivity (Wildman–Crippen MR) is 70.8 cm³/mol. The molecule has 3 N–H and O–H groups in total. The number of piperidine rings is 1. The first-order valence-corrected chi connectivity index (χ1v) is 6.86. The van der Waals surface area contributed by atoms with Gasteiger partial charge in [0, 0.05) is 32.1 Å². The first-order valence-electron chi connectivity index (χ1n) is 6.86. The molecule has 18 heavy (non-hydrogen) atoms. The Morgan fingerprint density at radius 1 is 1.50 bits per heavy atom. The van der Waals surface area contributed by atoms with E-state index in [4.69, 9.17) is 5.73 Å². The number of amides is 2. The molecule has 1 rings (SSSR count). The third-order valence-electron chi connectivity index (χ3n) is 3.58. The van der Waals surface area contributed by atoms with Gasteiger partial charge in [0.1, 0.15) is 0 Å². The molecule has 1 aliphatic heterocycles. The predicted octanol–water partition coefficient (Wildman–Crippen LogP) is 0.346. The Morgan fingerprint density at radius 2 is 2.22 bits per heavy atom. The third-order valence-corrected chi connectivity index (χ3v) is 3.58. The van der Waals surface area contributed by atoms with Crippen LogP contribution in [0.4, 0.5) is 0 Å². The van der Waals surface area contributed by atoms with Crippen LogP contribution < -0.4 is 11.1 Å². The molecule has 5 nitrogen and oxygen atoms in total. The van der Waals surface area contributed by atoms with Crippen LogP contribution in [0.2, 0.25) is 0 Å². The Morgan fingerprint density at radius 3 is 2.83 bits per heavy atom. The van der Waals surface area contributed by atoms with E-state index in [0.717, 1.165) is 25.8 Å². The van der Waals surface area contributed by atoms with Gasteiger partial charge in [-0.25, -0.2) is 0 Å². The zero-order chi connectivity index (χ0) is 13.5. The van der Waals surface area contributed by atoms with E-state index in [2.05, 4.69) is 5.32 Å². The topological polar surface area (TPSA) is 75.4 Å². The molecule has 0 aromatic carbocycles. The summed E-state index contributed by atoms with van der Waals surface area (Å²) < 4.78 is 0. The highest BCUT2D eigenvalue weighted by molar-refractivity contribution is 5.82. The molecular weight excluding hydrogens is 230 g/mol. The maximum atomic E-state index is 12.1. The van der Waals surface area contributed by atoms with Crippen molar-refractivity contribution in [2.75, 3.05) is 26.2 Å². The van der Waals surface area contributed by atoms with Crippen LogP contribution in [0.5, 0.6) is 0 Å². The van der Waals surface area contributed by atoms with Crippen molar-refractivity contribution in [2.24, 2.45) is 17.6 Å². The van der Waals surface area contributed by atoms with Gasteiger partial charge in [-0.2, -0.15) is 0 Å². The van der Waals surface area contributed by atoms with Gasteiger partial charge in [-0.3, -0.25) is 9.59 Å². The minimum Gasteiger partial charge on any atom is -0.355 e. The van der Waals surface area contributed by atoms with Crippen molar-refractivity contribution in [1.82, 2.24) is 10.2 Å². The molecule has 104 valence electrons. The van der Waals surface area contributed by atoms with Crippen molar-refractivity contribution in [1.29, 1.82) is 0 Å². The molecule has 5 heteroatoms. The molecule has 0 aromatic rings. The first-order chi connectivity index (χ1) is 8.60. The molecule has 1 heterocycles. The van der Waals surface area contributed by atoms with E-state index < -0.39 is 0 Å². The van der Waals surface area contributed by atoms with E-state index in [1.54, 1.807) is 0 Å². The number of hydrogen-bond acceptors (Lipinski definition) is 3. The van der Waals surface area contributed by atoms with Crippen molar-refractivity contribution in [3.8, 4) is 0 Å². The first kappa shape index (κ1) is 15.0. The van der Waals surface area contributed by atoms with Crippen molar-refractivity contribution >= 4 is 11.8 Å². The summed E-state index contributed by atoms with van der Waals surface area (Å²) in [4.78, 5) is 25.8. The molecule has 1 aliphatic rings. The maximum absolute atomic E-state index is 12.1. The number of likely N-dealkylation sites (tertiary alicyclic amines) is 1. The highest BCUT2D eigenvalue weighted by atomic mass is 16.2. The lowest BCUT2D eigenvalue weighted by Crippen LogP contribution is -2.47. The van der Waals surface area contributed by atoms with Gasteiger partial charge in [-0.1, -0.05) is 13.8 Å². The average Bonchev–Trinajstić information content (AvgIpc) is 2.43. The van der Waals surface area contributed by atoms with E-state index in [0.29, 0.717) is 19.6 Å². The number of rotatable bonds is 5. The highest BCUT2D eigenvalue weighted by Gasteiger charge is 2.29. The second-order valence-corrected chi connectivity index (χ2v) is 5.01. The molecule has 0 radical (unpaired) electrons. The minimum atomic E-state index is -0.0710. The van der Waals surface area contributed by atoms with E-state index in [9.17, 15) is 9.59 Å². The fraction of sp³-hybridized carbons (Fsp3) is 0.846. The fourth-order valence-corrected chi connectivity index (χ4v) is 2.22. The van der Waals surface area contributed by atoms with Crippen molar-refractivity contribution < 1.29 is 9.59 Å². The van der Waals surface area contributed by atoms with Gasteiger partial charge in [-0.05, 0) is 19.3 Å². The lowest BCUT2D eigenvalue weighted by molar-refractivity contribution is -0.138. The van der Waals surface area contributed by atoms with E-state index in [-0.39, 0.29) is 23.7 Å². The monoisotopic (exact) mass is 255 g/mol. The van der Waals surface area contributed by atoms with Gasteiger partial charge in [0.2, 0.25) is 11.8 Å². The van der Waals surface area contributed by atoms with Crippen LogP contribution in [0, 0.1) is 11.8 Å². The van der Waals surface area contributed by atoms with Crippen molar-refractivity contribution in [2.45, 2.75) is 33.1 Å². The van der Waals surface area contributed by atoms with Crippen molar-refractivity contribution in [3.05, 3.63) is 0 Å². The smallest absolute Gasteiger partial charge is 0.225 e. The van der Waals surface area contributed by atoms with Gasteiger partial charge in [0.25, 0.3) is 0 Å². The van der Waals surface area contributed by atoms with E-state index in [1.165, 1.54) is 0 Å². The normalized spacial score (nSPS) is 21.5. The summed E-state index contributed by atoms with van der Waals surface area (Å²) in [6.45, 7) is 6.25. The Hall–Kier alpha value is -1.10. The van der Waals surface area contributed by atoms with Crippen molar-refractivity contribution in [3.63, 3.8) is 0 Å². The van der Waals surface area contributed by atoms with Crippen LogP contribution >= 0.6 is 0 Å². The Bertz CT molecular complexity index is 294. The fourth-order valence-electron chi connectivity index (χ4n) is 2.22. The molecule has 2 amide bonds. The highest BCUT2D eigenvalue weighted by Crippen LogP contribution is 2.19. The van der Waals surface area contributed by atoms with Crippen LogP contribution in [0.1, 0.15) is 33.1 Å². The minimum absolute atomic E-state index is 0.0297. The zero-order valence-electron chi connectivity index (χ0n) is 11.4. The molecule has 1 saturated heterocycles. The summed E-state index contributed by atoms with van der Waals surface area (Å²) >= 11 is 0. The summed E-state index contributed by atoms with van der Waals surface area (Å²) in [7, 11) is 0. The van der Waals surface area contributed by atoms with Gasteiger partial charge >= 0.3 is 0 Å². The standard InChI is InChI=1S/C13H25N3O2/c1-3-10(2)13(18)16-8-4-5-11(9-16)12(17)15-7-6-14/h10-11H,3-9,14H2,1-2H3,(H,15,17). The molecule has 0 aliphatic carbocycles. The summed E-state index contributed by atoms with van der Waals surface area (Å²) in [5.41, 5.74) is 5.36.